The fourth-order valence-corrected chi connectivity index (χ4v) is 3.95. The van der Waals surface area contributed by atoms with Crippen LogP contribution in [0.4, 0.5) is 0 Å². The second-order valence-corrected chi connectivity index (χ2v) is 8.50. The molecule has 0 saturated carbocycles. The normalized spacial score (nSPS) is 11.1. The van der Waals surface area contributed by atoms with Crippen molar-refractivity contribution >= 4 is 12.1 Å². The second kappa shape index (κ2) is 10.7. The Balaban J connectivity index is 1.24. The Morgan fingerprint density at radius 2 is 1.76 bits per heavy atom. The first kappa shape index (κ1) is 23.7. The van der Waals surface area contributed by atoms with Gasteiger partial charge < -0.3 is 4.74 Å². The highest BCUT2D eigenvalue weighted by atomic mass is 16.5. The molecule has 8 heteroatoms. The molecule has 0 spiro atoms. The summed E-state index contributed by atoms with van der Waals surface area (Å²) in [5.41, 5.74) is 8.99. The Labute approximate surface area is 214 Å². The van der Waals surface area contributed by atoms with Crippen molar-refractivity contribution in [2.75, 3.05) is 0 Å². The predicted octanol–water partition coefficient (Wildman–Crippen LogP) is 5.22. The van der Waals surface area contributed by atoms with Crippen LogP contribution >= 0.6 is 0 Å². The van der Waals surface area contributed by atoms with E-state index in [2.05, 4.69) is 25.8 Å². The van der Waals surface area contributed by atoms with Gasteiger partial charge in [-0.3, -0.25) is 9.89 Å². The van der Waals surface area contributed by atoms with Gasteiger partial charge in [-0.2, -0.15) is 15.3 Å². The Morgan fingerprint density at radius 3 is 2.54 bits per heavy atom. The molecule has 2 N–H and O–H groups in total. The van der Waals surface area contributed by atoms with Gasteiger partial charge in [0, 0.05) is 11.1 Å². The number of nitrogens with zero attached hydrogens (tertiary/aromatic N) is 4. The zero-order chi connectivity index (χ0) is 25.6. The van der Waals surface area contributed by atoms with Gasteiger partial charge in [-0.25, -0.2) is 10.1 Å². The monoisotopic (exact) mass is 490 g/mol. The van der Waals surface area contributed by atoms with Crippen LogP contribution in [-0.4, -0.2) is 32.1 Å². The van der Waals surface area contributed by atoms with Gasteiger partial charge in [-0.1, -0.05) is 60.7 Å². The number of hydrogen-bond acceptors (Lipinski definition) is 5. The number of para-hydroxylation sites is 1. The topological polar surface area (TPSA) is 97.2 Å². The van der Waals surface area contributed by atoms with Crippen molar-refractivity contribution in [3.05, 3.63) is 119 Å². The van der Waals surface area contributed by atoms with Crippen molar-refractivity contribution in [2.45, 2.75) is 20.5 Å². The van der Waals surface area contributed by atoms with E-state index < -0.39 is 5.91 Å². The summed E-state index contributed by atoms with van der Waals surface area (Å²) >= 11 is 0. The zero-order valence-corrected chi connectivity index (χ0v) is 20.6. The molecule has 0 saturated heterocycles. The molecule has 0 bridgehead atoms. The first-order chi connectivity index (χ1) is 18.1. The van der Waals surface area contributed by atoms with Gasteiger partial charge in [-0.05, 0) is 49.7 Å². The third-order valence-corrected chi connectivity index (χ3v) is 5.91. The summed E-state index contributed by atoms with van der Waals surface area (Å²) in [6.07, 6.45) is 1.61. The highest BCUT2D eigenvalue weighted by Crippen LogP contribution is 2.23. The van der Waals surface area contributed by atoms with Crippen LogP contribution in [0.5, 0.6) is 5.75 Å². The summed E-state index contributed by atoms with van der Waals surface area (Å²) in [7, 11) is 0. The average Bonchev–Trinajstić information content (AvgIpc) is 3.54. The van der Waals surface area contributed by atoms with Crippen molar-refractivity contribution in [2.24, 2.45) is 5.10 Å². The predicted molar refractivity (Wildman–Crippen MR) is 143 cm³/mol. The van der Waals surface area contributed by atoms with Crippen LogP contribution < -0.4 is 10.2 Å². The van der Waals surface area contributed by atoms with Crippen molar-refractivity contribution in [3.8, 4) is 22.7 Å². The van der Waals surface area contributed by atoms with Gasteiger partial charge in [0.15, 0.2) is 0 Å². The van der Waals surface area contributed by atoms with Crippen LogP contribution in [0, 0.1) is 13.8 Å². The van der Waals surface area contributed by atoms with Crippen LogP contribution in [-0.2, 0) is 6.61 Å². The molecule has 184 valence electrons. The molecule has 0 aliphatic heterocycles. The van der Waals surface area contributed by atoms with Gasteiger partial charge in [0.05, 0.1) is 29.0 Å². The number of aryl methyl sites for hydroxylation is 1. The molecule has 0 radical (unpaired) electrons. The Hall–Kier alpha value is -4.98. The van der Waals surface area contributed by atoms with E-state index in [1.54, 1.807) is 12.3 Å². The van der Waals surface area contributed by atoms with Crippen LogP contribution in [0.25, 0.3) is 16.9 Å². The number of carbonyl (C=O) groups excluding carboxylic acids is 1. The zero-order valence-electron chi connectivity index (χ0n) is 20.6. The molecule has 0 aliphatic rings. The molecule has 1 amide bonds. The van der Waals surface area contributed by atoms with Crippen molar-refractivity contribution < 1.29 is 9.53 Å². The molecule has 0 atom stereocenters. The second-order valence-electron chi connectivity index (χ2n) is 8.50. The number of aromatic amines is 1. The summed E-state index contributed by atoms with van der Waals surface area (Å²) in [5.74, 6) is 0.332. The van der Waals surface area contributed by atoms with Crippen LogP contribution in [0.1, 0.15) is 33.0 Å². The molecule has 0 fully saturated rings. The van der Waals surface area contributed by atoms with E-state index >= 15 is 0 Å². The lowest BCUT2D eigenvalue weighted by molar-refractivity contribution is 0.0950. The molecule has 2 heterocycles. The lowest BCUT2D eigenvalue weighted by Gasteiger charge is -2.07. The molecular formula is C29H26N6O2. The van der Waals surface area contributed by atoms with E-state index in [9.17, 15) is 4.79 Å². The van der Waals surface area contributed by atoms with Crippen molar-refractivity contribution in [1.29, 1.82) is 0 Å². The number of carbonyl (C=O) groups is 1. The first-order valence-corrected chi connectivity index (χ1v) is 11.9. The minimum absolute atomic E-state index is 0.302. The summed E-state index contributed by atoms with van der Waals surface area (Å²) < 4.78 is 7.77. The molecule has 2 aromatic heterocycles. The number of H-pyrrole nitrogens is 1. The molecule has 3 aromatic carbocycles. The number of hydrazone groups is 1. The van der Waals surface area contributed by atoms with Crippen LogP contribution in [0.3, 0.4) is 0 Å². The number of nitrogens with one attached hydrogen (secondary N) is 2. The number of hydrogen-bond donors (Lipinski definition) is 2. The molecule has 0 aliphatic carbocycles. The summed E-state index contributed by atoms with van der Waals surface area (Å²) in [6, 6.07) is 29.1. The van der Waals surface area contributed by atoms with Gasteiger partial charge in [-0.15, -0.1) is 0 Å². The van der Waals surface area contributed by atoms with Gasteiger partial charge in [0.25, 0.3) is 5.91 Å². The Morgan fingerprint density at radius 1 is 1.00 bits per heavy atom. The summed E-state index contributed by atoms with van der Waals surface area (Å²) in [5, 5.41) is 15.8. The highest BCUT2D eigenvalue weighted by molar-refractivity contribution is 5.94. The SMILES string of the molecule is Cc1nn(-c2ccccc2)c(C)c1/C=N\NC(=O)c1cc(-c2cccc(OCc3ccccc3)c2)n[nH]1. The number of ether oxygens (including phenoxy) is 1. The van der Waals surface area contributed by atoms with Crippen molar-refractivity contribution in [3.63, 3.8) is 0 Å². The Bertz CT molecular complexity index is 1540. The van der Waals surface area contributed by atoms with Gasteiger partial charge in [0.1, 0.15) is 18.1 Å². The summed E-state index contributed by atoms with van der Waals surface area (Å²) in [6.45, 7) is 4.35. The van der Waals surface area contributed by atoms with E-state index in [0.717, 1.165) is 39.5 Å². The maximum atomic E-state index is 12.7. The van der Waals surface area contributed by atoms with E-state index in [1.165, 1.54) is 0 Å². The molecule has 37 heavy (non-hydrogen) atoms. The largest absolute Gasteiger partial charge is 0.489 e. The number of aromatic nitrogens is 4. The maximum Gasteiger partial charge on any atom is 0.289 e. The lowest BCUT2D eigenvalue weighted by atomic mass is 10.1. The Kier molecular flexibility index (Phi) is 6.89. The molecule has 5 aromatic rings. The third-order valence-electron chi connectivity index (χ3n) is 5.91. The fourth-order valence-electron chi connectivity index (χ4n) is 3.95. The van der Waals surface area contributed by atoms with Crippen molar-refractivity contribution in [1.82, 2.24) is 25.4 Å². The average molecular weight is 491 g/mol. The third kappa shape index (κ3) is 5.48. The molecular weight excluding hydrogens is 464 g/mol. The minimum atomic E-state index is -0.391. The fraction of sp³-hybridized carbons (Fsp3) is 0.103. The minimum Gasteiger partial charge on any atom is -0.489 e. The van der Waals surface area contributed by atoms with Gasteiger partial charge >= 0.3 is 0 Å². The van der Waals surface area contributed by atoms with Crippen LogP contribution in [0.2, 0.25) is 0 Å². The van der Waals surface area contributed by atoms with Crippen LogP contribution in [0.15, 0.2) is 96.1 Å². The molecule has 8 nitrogen and oxygen atoms in total. The first-order valence-electron chi connectivity index (χ1n) is 11.9. The van der Waals surface area contributed by atoms with E-state index in [0.29, 0.717) is 18.0 Å². The van der Waals surface area contributed by atoms with E-state index in [-0.39, 0.29) is 0 Å². The summed E-state index contributed by atoms with van der Waals surface area (Å²) in [4.78, 5) is 12.7. The van der Waals surface area contributed by atoms with Gasteiger partial charge in [0.2, 0.25) is 0 Å². The number of rotatable bonds is 8. The quantitative estimate of drug-likeness (QED) is 0.230. The molecule has 5 rings (SSSR count). The molecule has 0 unspecified atom stereocenters. The highest BCUT2D eigenvalue weighted by Gasteiger charge is 2.13. The number of benzene rings is 3. The lowest BCUT2D eigenvalue weighted by Crippen LogP contribution is -2.18. The standard InChI is InChI=1S/C29H26N6O2/c1-20-26(21(2)35(34-20)24-13-7-4-8-14-24)18-30-33-29(36)28-17-27(31-32-28)23-12-9-15-25(16-23)37-19-22-10-5-3-6-11-22/h3-18H,19H2,1-2H3,(H,31,32)(H,33,36)/b30-18-. The smallest absolute Gasteiger partial charge is 0.289 e. The maximum absolute atomic E-state index is 12.7. The van der Waals surface area contributed by atoms with E-state index in [4.69, 9.17) is 4.74 Å². The van der Waals surface area contributed by atoms with E-state index in [1.807, 2.05) is 103 Å². The number of amides is 1.